The lowest BCUT2D eigenvalue weighted by Crippen LogP contribution is -2.56. The van der Waals surface area contributed by atoms with Crippen molar-refractivity contribution in [1.82, 2.24) is 0 Å². The number of aliphatic carboxylic acids is 2. The summed E-state index contributed by atoms with van der Waals surface area (Å²) in [6.07, 6.45) is 7.67. The van der Waals surface area contributed by atoms with Gasteiger partial charge in [-0.05, 0) is 85.4 Å². The van der Waals surface area contributed by atoms with Crippen LogP contribution in [-0.4, -0.2) is 40.0 Å². The Kier molecular flexibility index (Phi) is 8.38. The van der Waals surface area contributed by atoms with Gasteiger partial charge in [0.2, 0.25) is 0 Å². The summed E-state index contributed by atoms with van der Waals surface area (Å²) in [4.78, 5) is 47.9. The van der Waals surface area contributed by atoms with Crippen LogP contribution in [0.2, 0.25) is 0 Å². The van der Waals surface area contributed by atoms with Gasteiger partial charge in [-0.2, -0.15) is 0 Å². The fourth-order valence-corrected chi connectivity index (χ4v) is 10.3. The summed E-state index contributed by atoms with van der Waals surface area (Å²) in [7, 11) is 0. The number of esters is 1. The van der Waals surface area contributed by atoms with Crippen LogP contribution in [0.5, 0.6) is 0 Å². The zero-order valence-electron chi connectivity index (χ0n) is 26.5. The van der Waals surface area contributed by atoms with Crippen LogP contribution in [0.1, 0.15) is 120 Å². The lowest BCUT2D eigenvalue weighted by molar-refractivity contribution is -0.172. The van der Waals surface area contributed by atoms with E-state index in [1.54, 1.807) is 25.0 Å². The minimum absolute atomic E-state index is 0.0270. The summed E-state index contributed by atoms with van der Waals surface area (Å²) < 4.78 is 5.77. The summed E-state index contributed by atoms with van der Waals surface area (Å²) in [6, 6.07) is 0. The van der Waals surface area contributed by atoms with Gasteiger partial charge in [0.15, 0.2) is 0 Å². The van der Waals surface area contributed by atoms with Gasteiger partial charge in [0, 0.05) is 17.8 Å². The van der Waals surface area contributed by atoms with E-state index in [1.165, 1.54) is 0 Å². The van der Waals surface area contributed by atoms with E-state index in [4.69, 9.17) is 9.84 Å². The van der Waals surface area contributed by atoms with Crippen molar-refractivity contribution >= 4 is 23.7 Å². The number of allylic oxidation sites excluding steroid dienone is 2. The summed E-state index contributed by atoms with van der Waals surface area (Å²) in [6.45, 7) is 17.3. The lowest BCUT2D eigenvalue weighted by atomic mass is 9.43. The quantitative estimate of drug-likeness (QED) is 0.172. The monoisotopic (exact) mass is 572 g/mol. The number of ketones is 1. The molecule has 4 aliphatic carbocycles. The van der Waals surface area contributed by atoms with Gasteiger partial charge in [0.1, 0.15) is 18.3 Å². The van der Waals surface area contributed by atoms with Crippen LogP contribution in [0.4, 0.5) is 0 Å². The second kappa shape index (κ2) is 10.8. The molecular weight excluding hydrogens is 520 g/mol. The van der Waals surface area contributed by atoms with E-state index in [0.29, 0.717) is 18.3 Å². The SMILES string of the molecule is CC(C(=O)O)C(C)C(=O)C[C@@H](C)[C@H]1CC[C@@]2(C)C3=C(CC[C@]12C)[C@@]1(C)CC[C@@H](OC(=O)CC(=O)O)C(C)(C)[C@@H]1CC3. The van der Waals surface area contributed by atoms with Crippen LogP contribution in [-0.2, 0) is 23.9 Å². The van der Waals surface area contributed by atoms with Crippen molar-refractivity contribution in [2.45, 2.75) is 126 Å². The molecule has 7 heteroatoms. The van der Waals surface area contributed by atoms with Gasteiger partial charge in [-0.3, -0.25) is 19.2 Å². The molecule has 0 bridgehead atoms. The molecule has 41 heavy (non-hydrogen) atoms. The van der Waals surface area contributed by atoms with Crippen LogP contribution in [0.25, 0.3) is 0 Å². The van der Waals surface area contributed by atoms with Gasteiger partial charge >= 0.3 is 17.9 Å². The van der Waals surface area contributed by atoms with Crippen molar-refractivity contribution < 1.29 is 34.1 Å². The predicted molar refractivity (Wildman–Crippen MR) is 156 cm³/mol. The van der Waals surface area contributed by atoms with Crippen molar-refractivity contribution in [3.05, 3.63) is 11.1 Å². The Balaban J connectivity index is 1.56. The largest absolute Gasteiger partial charge is 0.481 e. The number of hydrogen-bond acceptors (Lipinski definition) is 5. The Bertz CT molecular complexity index is 1140. The number of Topliss-reactive ketones (excluding diaryl/α,β-unsaturated/α-hetero) is 1. The molecule has 0 saturated heterocycles. The maximum atomic E-state index is 13.1. The van der Waals surface area contributed by atoms with Crippen molar-refractivity contribution in [2.24, 2.45) is 51.2 Å². The highest BCUT2D eigenvalue weighted by Crippen LogP contribution is 2.72. The Hall–Kier alpha value is -2.18. The van der Waals surface area contributed by atoms with Crippen molar-refractivity contribution in [3.8, 4) is 0 Å². The van der Waals surface area contributed by atoms with Gasteiger partial charge in [-0.1, -0.05) is 66.5 Å². The number of carbonyl (C=O) groups excluding carboxylic acids is 2. The third-order valence-corrected chi connectivity index (χ3v) is 13.2. The fraction of sp³-hybridized carbons (Fsp3) is 0.824. The first-order valence-corrected chi connectivity index (χ1v) is 15.8. The highest BCUT2D eigenvalue weighted by Gasteiger charge is 2.63. The minimum atomic E-state index is -1.16. The van der Waals surface area contributed by atoms with Crippen LogP contribution in [0.15, 0.2) is 11.1 Å². The topological polar surface area (TPSA) is 118 Å². The maximum Gasteiger partial charge on any atom is 0.317 e. The smallest absolute Gasteiger partial charge is 0.317 e. The first kappa shape index (κ1) is 31.7. The molecular formula is C34H52O7. The number of carboxylic acids is 2. The third kappa shape index (κ3) is 5.07. The lowest BCUT2D eigenvalue weighted by Gasteiger charge is -2.62. The van der Waals surface area contributed by atoms with E-state index < -0.39 is 36.2 Å². The van der Waals surface area contributed by atoms with Crippen LogP contribution in [0, 0.1) is 51.2 Å². The first-order chi connectivity index (χ1) is 18.9. The highest BCUT2D eigenvalue weighted by molar-refractivity contribution is 5.90. The molecule has 2 unspecified atom stereocenters. The number of hydrogen-bond donors (Lipinski definition) is 2. The molecule has 0 amide bonds. The molecule has 0 spiro atoms. The zero-order chi connectivity index (χ0) is 30.7. The fourth-order valence-electron chi connectivity index (χ4n) is 10.3. The summed E-state index contributed by atoms with van der Waals surface area (Å²) in [5, 5.41) is 18.4. The van der Waals surface area contributed by atoms with Gasteiger partial charge < -0.3 is 14.9 Å². The van der Waals surface area contributed by atoms with E-state index >= 15 is 0 Å². The van der Waals surface area contributed by atoms with Crippen LogP contribution in [0.3, 0.4) is 0 Å². The maximum absolute atomic E-state index is 13.1. The molecule has 2 N–H and O–H groups in total. The molecule has 7 nitrogen and oxygen atoms in total. The van der Waals surface area contributed by atoms with Crippen molar-refractivity contribution in [3.63, 3.8) is 0 Å². The van der Waals surface area contributed by atoms with Crippen LogP contribution < -0.4 is 0 Å². The minimum Gasteiger partial charge on any atom is -0.481 e. The molecule has 2 fully saturated rings. The number of carboxylic acid groups (broad SMARTS) is 2. The van der Waals surface area contributed by atoms with Crippen molar-refractivity contribution in [2.75, 3.05) is 0 Å². The average Bonchev–Trinajstić information content (AvgIpc) is 3.15. The molecule has 0 aromatic carbocycles. The molecule has 0 aromatic heterocycles. The Morgan fingerprint density at radius 3 is 2.12 bits per heavy atom. The van der Waals surface area contributed by atoms with E-state index in [1.807, 2.05) is 0 Å². The highest BCUT2D eigenvalue weighted by atomic mass is 16.5. The van der Waals surface area contributed by atoms with Gasteiger partial charge in [0.25, 0.3) is 0 Å². The van der Waals surface area contributed by atoms with E-state index in [9.17, 15) is 24.3 Å². The van der Waals surface area contributed by atoms with Crippen LogP contribution >= 0.6 is 0 Å². The molecule has 0 heterocycles. The summed E-state index contributed by atoms with van der Waals surface area (Å²) in [5.74, 6) is -2.81. The normalized spacial score (nSPS) is 38.1. The van der Waals surface area contributed by atoms with E-state index in [-0.39, 0.29) is 39.5 Å². The number of fused-ring (bicyclic) bond motifs is 4. The second-order valence-corrected chi connectivity index (χ2v) is 15.3. The Morgan fingerprint density at radius 2 is 1.51 bits per heavy atom. The molecule has 0 radical (unpaired) electrons. The first-order valence-electron chi connectivity index (χ1n) is 15.8. The number of rotatable bonds is 9. The van der Waals surface area contributed by atoms with Gasteiger partial charge in [0.05, 0.1) is 5.92 Å². The number of carbonyl (C=O) groups is 4. The molecule has 9 atom stereocenters. The number of ether oxygens (including phenoxy) is 1. The van der Waals surface area contributed by atoms with Crippen molar-refractivity contribution in [1.29, 1.82) is 0 Å². The molecule has 0 aliphatic heterocycles. The van der Waals surface area contributed by atoms with E-state index in [0.717, 1.165) is 51.4 Å². The summed E-state index contributed by atoms with van der Waals surface area (Å²) >= 11 is 0. The standard InChI is InChI=1S/C34H52O7/c1-19(17-25(35)20(2)21(3)30(39)40)22-11-15-34(8)24-9-10-26-31(4,5)27(41-29(38)18-28(36)37)13-14-32(26,6)23(24)12-16-33(22,34)7/h19-22,26-27H,9-18H2,1-8H3,(H,36,37)(H,39,40)/t19-,20?,21?,22-,26+,27-,32-,33-,34+/m1/s1. The Morgan fingerprint density at radius 1 is 0.854 bits per heavy atom. The molecule has 2 saturated carbocycles. The molecule has 0 aromatic rings. The third-order valence-electron chi connectivity index (χ3n) is 13.2. The molecule has 4 rings (SSSR count). The summed E-state index contributed by atoms with van der Waals surface area (Å²) in [5.41, 5.74) is 3.19. The predicted octanol–water partition coefficient (Wildman–Crippen LogP) is 7.07. The Labute approximate surface area is 245 Å². The van der Waals surface area contributed by atoms with Gasteiger partial charge in [-0.15, -0.1) is 0 Å². The van der Waals surface area contributed by atoms with E-state index in [2.05, 4.69) is 41.5 Å². The molecule has 230 valence electrons. The average molecular weight is 573 g/mol. The second-order valence-electron chi connectivity index (χ2n) is 15.3. The molecule has 4 aliphatic rings. The zero-order valence-corrected chi connectivity index (χ0v) is 26.5. The van der Waals surface area contributed by atoms with Gasteiger partial charge in [-0.25, -0.2) is 0 Å².